The van der Waals surface area contributed by atoms with Crippen molar-refractivity contribution in [1.82, 2.24) is 0 Å². The van der Waals surface area contributed by atoms with Gasteiger partial charge in [0.25, 0.3) is 0 Å². The minimum Gasteiger partial charge on any atom is -0.398 e. The van der Waals surface area contributed by atoms with E-state index in [1.54, 1.807) is 13.0 Å². The van der Waals surface area contributed by atoms with E-state index in [2.05, 4.69) is 5.32 Å². The predicted molar refractivity (Wildman–Crippen MR) is 74.8 cm³/mol. The van der Waals surface area contributed by atoms with Crippen molar-refractivity contribution in [2.45, 2.75) is 25.0 Å². The van der Waals surface area contributed by atoms with Gasteiger partial charge in [-0.15, -0.1) is 0 Å². The number of carbonyl (C=O) groups is 1. The van der Waals surface area contributed by atoms with Crippen molar-refractivity contribution in [3.8, 4) is 0 Å². The summed E-state index contributed by atoms with van der Waals surface area (Å²) >= 11 is 2.02. The zero-order valence-corrected chi connectivity index (χ0v) is 10.8. The molecule has 2 rings (SSSR count). The predicted octanol–water partition coefficient (Wildman–Crippen LogP) is 2.78. The van der Waals surface area contributed by atoms with Crippen LogP contribution in [0.2, 0.25) is 0 Å². The van der Waals surface area contributed by atoms with Crippen LogP contribution in [-0.4, -0.2) is 23.3 Å². The second-order valence-corrected chi connectivity index (χ2v) is 5.78. The van der Waals surface area contributed by atoms with Crippen LogP contribution in [0.5, 0.6) is 0 Å². The molecule has 0 radical (unpaired) electrons. The van der Waals surface area contributed by atoms with Crippen molar-refractivity contribution in [3.05, 3.63) is 23.8 Å². The molecule has 0 amide bonds. The molecule has 0 spiro atoms. The fourth-order valence-corrected chi connectivity index (χ4v) is 3.21. The smallest absolute Gasteiger partial charge is 0.161 e. The summed E-state index contributed by atoms with van der Waals surface area (Å²) in [7, 11) is 0. The molecule has 0 aliphatic carbocycles. The Morgan fingerprint density at radius 1 is 1.59 bits per heavy atom. The van der Waals surface area contributed by atoms with Crippen molar-refractivity contribution in [1.29, 1.82) is 0 Å². The van der Waals surface area contributed by atoms with Crippen molar-refractivity contribution in [3.63, 3.8) is 0 Å². The SMILES string of the molecule is CC(=O)c1cc(NCC2CCCS2)ccc1N. The number of nitrogens with two attached hydrogens (primary N) is 1. The number of ketones is 1. The third-order valence-electron chi connectivity index (χ3n) is 2.99. The number of nitrogen functional groups attached to an aromatic ring is 1. The van der Waals surface area contributed by atoms with Crippen LogP contribution < -0.4 is 11.1 Å². The molecule has 1 heterocycles. The van der Waals surface area contributed by atoms with Gasteiger partial charge in [-0.3, -0.25) is 4.79 Å². The van der Waals surface area contributed by atoms with Crippen LogP contribution in [0.4, 0.5) is 11.4 Å². The summed E-state index contributed by atoms with van der Waals surface area (Å²) in [6.07, 6.45) is 2.60. The first-order valence-corrected chi connectivity index (χ1v) is 6.97. The van der Waals surface area contributed by atoms with Crippen molar-refractivity contribution < 1.29 is 4.79 Å². The largest absolute Gasteiger partial charge is 0.398 e. The van der Waals surface area contributed by atoms with Gasteiger partial charge in [0.2, 0.25) is 0 Å². The Morgan fingerprint density at radius 2 is 2.41 bits per heavy atom. The average molecular weight is 250 g/mol. The molecule has 1 aliphatic heterocycles. The standard InChI is InChI=1S/C13H18N2OS/c1-9(16)12-7-10(4-5-13(12)14)15-8-11-3-2-6-17-11/h4-5,7,11,15H,2-3,6,8,14H2,1H3. The Balaban J connectivity index is 2.00. The van der Waals surface area contributed by atoms with E-state index in [0.717, 1.165) is 12.2 Å². The highest BCUT2D eigenvalue weighted by Crippen LogP contribution is 2.26. The molecule has 0 saturated carbocycles. The molecule has 1 aromatic rings. The fraction of sp³-hybridized carbons (Fsp3) is 0.462. The Bertz CT molecular complexity index is 414. The van der Waals surface area contributed by atoms with Gasteiger partial charge >= 0.3 is 0 Å². The van der Waals surface area contributed by atoms with Gasteiger partial charge in [-0.2, -0.15) is 11.8 Å². The normalized spacial score (nSPS) is 19.2. The van der Waals surface area contributed by atoms with Gasteiger partial charge in [0.15, 0.2) is 5.78 Å². The highest BCUT2D eigenvalue weighted by molar-refractivity contribution is 8.00. The molecule has 1 saturated heterocycles. The maximum atomic E-state index is 11.4. The van der Waals surface area contributed by atoms with E-state index in [0.29, 0.717) is 16.5 Å². The fourth-order valence-electron chi connectivity index (χ4n) is 2.01. The topological polar surface area (TPSA) is 55.1 Å². The van der Waals surface area contributed by atoms with Crippen LogP contribution in [0.25, 0.3) is 0 Å². The van der Waals surface area contributed by atoms with E-state index < -0.39 is 0 Å². The van der Waals surface area contributed by atoms with E-state index in [1.807, 2.05) is 23.9 Å². The first kappa shape index (κ1) is 12.3. The lowest BCUT2D eigenvalue weighted by molar-refractivity contribution is 0.101. The summed E-state index contributed by atoms with van der Waals surface area (Å²) in [6, 6.07) is 5.57. The molecule has 1 aromatic carbocycles. The molecular weight excluding hydrogens is 232 g/mol. The number of nitrogens with one attached hydrogen (secondary N) is 1. The lowest BCUT2D eigenvalue weighted by Crippen LogP contribution is -2.14. The highest BCUT2D eigenvalue weighted by atomic mass is 32.2. The van der Waals surface area contributed by atoms with Gasteiger partial charge in [0.1, 0.15) is 0 Å². The number of carbonyl (C=O) groups excluding carboxylic acids is 1. The molecule has 3 nitrogen and oxygen atoms in total. The first-order chi connectivity index (χ1) is 8.16. The minimum absolute atomic E-state index is 0.0152. The molecule has 3 N–H and O–H groups in total. The van der Waals surface area contributed by atoms with Gasteiger partial charge in [0, 0.05) is 28.7 Å². The third-order valence-corrected chi connectivity index (χ3v) is 4.39. The number of hydrogen-bond acceptors (Lipinski definition) is 4. The monoisotopic (exact) mass is 250 g/mol. The third kappa shape index (κ3) is 3.16. The van der Waals surface area contributed by atoms with E-state index in [1.165, 1.54) is 18.6 Å². The average Bonchev–Trinajstić information content (AvgIpc) is 2.80. The Labute approximate surface area is 106 Å². The second-order valence-electron chi connectivity index (χ2n) is 4.37. The molecule has 92 valence electrons. The molecule has 1 atom stereocenters. The summed E-state index contributed by atoms with van der Waals surface area (Å²) in [5.74, 6) is 1.29. The van der Waals surface area contributed by atoms with Crippen molar-refractivity contribution in [2.24, 2.45) is 0 Å². The molecule has 4 heteroatoms. The molecule has 17 heavy (non-hydrogen) atoms. The van der Waals surface area contributed by atoms with E-state index in [9.17, 15) is 4.79 Å². The van der Waals surface area contributed by atoms with Crippen LogP contribution in [0.1, 0.15) is 30.1 Å². The van der Waals surface area contributed by atoms with Gasteiger partial charge in [-0.1, -0.05) is 0 Å². The molecule has 1 fully saturated rings. The number of hydrogen-bond donors (Lipinski definition) is 2. The number of anilines is 2. The summed E-state index contributed by atoms with van der Waals surface area (Å²) in [5.41, 5.74) is 7.90. The van der Waals surface area contributed by atoms with E-state index in [-0.39, 0.29) is 5.78 Å². The number of rotatable bonds is 4. The Morgan fingerprint density at radius 3 is 3.06 bits per heavy atom. The van der Waals surface area contributed by atoms with Crippen molar-refractivity contribution >= 4 is 28.9 Å². The zero-order valence-electron chi connectivity index (χ0n) is 10.0. The van der Waals surface area contributed by atoms with Crippen LogP contribution in [0.15, 0.2) is 18.2 Å². The van der Waals surface area contributed by atoms with Crippen LogP contribution in [-0.2, 0) is 0 Å². The van der Waals surface area contributed by atoms with Crippen molar-refractivity contribution in [2.75, 3.05) is 23.3 Å². The quantitative estimate of drug-likeness (QED) is 0.637. The molecular formula is C13H18N2OS. The molecule has 1 aliphatic rings. The second kappa shape index (κ2) is 5.45. The summed E-state index contributed by atoms with van der Waals surface area (Å²) in [4.78, 5) is 11.4. The Kier molecular flexibility index (Phi) is 3.94. The van der Waals surface area contributed by atoms with Gasteiger partial charge < -0.3 is 11.1 Å². The number of Topliss-reactive ketones (excluding diaryl/α,β-unsaturated/α-hetero) is 1. The summed E-state index contributed by atoms with van der Waals surface area (Å²) in [6.45, 7) is 2.51. The molecule has 0 aromatic heterocycles. The highest BCUT2D eigenvalue weighted by Gasteiger charge is 2.15. The maximum Gasteiger partial charge on any atom is 0.161 e. The summed E-state index contributed by atoms with van der Waals surface area (Å²) < 4.78 is 0. The summed E-state index contributed by atoms with van der Waals surface area (Å²) in [5, 5.41) is 4.08. The zero-order chi connectivity index (χ0) is 12.3. The maximum absolute atomic E-state index is 11.4. The van der Waals surface area contributed by atoms with Gasteiger partial charge in [-0.05, 0) is 43.7 Å². The number of thioether (sulfide) groups is 1. The van der Waals surface area contributed by atoms with Crippen LogP contribution in [0, 0.1) is 0 Å². The molecule has 1 unspecified atom stereocenters. The van der Waals surface area contributed by atoms with E-state index >= 15 is 0 Å². The number of benzene rings is 1. The lowest BCUT2D eigenvalue weighted by atomic mass is 10.1. The van der Waals surface area contributed by atoms with Gasteiger partial charge in [0.05, 0.1) is 0 Å². The first-order valence-electron chi connectivity index (χ1n) is 5.93. The van der Waals surface area contributed by atoms with Crippen LogP contribution in [0.3, 0.4) is 0 Å². The minimum atomic E-state index is 0.0152. The lowest BCUT2D eigenvalue weighted by Gasteiger charge is -2.12. The van der Waals surface area contributed by atoms with Gasteiger partial charge in [-0.25, -0.2) is 0 Å². The van der Waals surface area contributed by atoms with E-state index in [4.69, 9.17) is 5.73 Å². The van der Waals surface area contributed by atoms with Crippen LogP contribution >= 0.6 is 11.8 Å². The molecule has 0 bridgehead atoms. The Hall–Kier alpha value is -1.16.